The van der Waals surface area contributed by atoms with Crippen molar-refractivity contribution in [1.29, 1.82) is 0 Å². The number of hydrogen-bond donors (Lipinski definition) is 1. The second-order valence-electron chi connectivity index (χ2n) is 4.36. The van der Waals surface area contributed by atoms with Crippen LogP contribution in [-0.4, -0.2) is 48.5 Å². The molecule has 0 aromatic rings. The van der Waals surface area contributed by atoms with Crippen LogP contribution in [0.5, 0.6) is 0 Å². The first kappa shape index (κ1) is 11.9. The standard InChI is InChI=1S/C10H20N2OS/c1-7(2)9(10(13)12(3)4)11-8-5-14-6-8/h7-9,11H,5-6H2,1-4H3. The molecule has 1 amide bonds. The second-order valence-corrected chi connectivity index (χ2v) is 5.43. The summed E-state index contributed by atoms with van der Waals surface area (Å²) >= 11 is 1.93. The molecule has 3 nitrogen and oxygen atoms in total. The molecule has 0 aromatic carbocycles. The Kier molecular flexibility index (Phi) is 4.26. The highest BCUT2D eigenvalue weighted by Gasteiger charge is 2.28. The number of carbonyl (C=O) groups is 1. The third kappa shape index (κ3) is 2.89. The zero-order valence-electron chi connectivity index (χ0n) is 9.41. The summed E-state index contributed by atoms with van der Waals surface area (Å²) in [5, 5.41) is 3.42. The highest BCUT2D eigenvalue weighted by Crippen LogP contribution is 2.19. The minimum Gasteiger partial charge on any atom is -0.347 e. The fourth-order valence-electron chi connectivity index (χ4n) is 1.41. The van der Waals surface area contributed by atoms with E-state index in [0.717, 1.165) is 11.5 Å². The molecule has 1 fully saturated rings. The summed E-state index contributed by atoms with van der Waals surface area (Å²) in [6.07, 6.45) is 0. The van der Waals surface area contributed by atoms with Crippen molar-refractivity contribution in [3.63, 3.8) is 0 Å². The van der Waals surface area contributed by atoms with Crippen LogP contribution in [0, 0.1) is 5.92 Å². The molecular weight excluding hydrogens is 196 g/mol. The van der Waals surface area contributed by atoms with E-state index in [1.807, 2.05) is 25.9 Å². The number of thioether (sulfide) groups is 1. The van der Waals surface area contributed by atoms with Gasteiger partial charge in [-0.25, -0.2) is 0 Å². The van der Waals surface area contributed by atoms with E-state index in [1.165, 1.54) is 0 Å². The molecule has 0 radical (unpaired) electrons. The summed E-state index contributed by atoms with van der Waals surface area (Å²) in [6, 6.07) is 0.521. The lowest BCUT2D eigenvalue weighted by atomic mass is 10.0. The van der Waals surface area contributed by atoms with Gasteiger partial charge in [-0.3, -0.25) is 4.79 Å². The summed E-state index contributed by atoms with van der Waals surface area (Å²) in [5.74, 6) is 2.83. The van der Waals surface area contributed by atoms with Gasteiger partial charge in [0.05, 0.1) is 6.04 Å². The Balaban J connectivity index is 2.49. The van der Waals surface area contributed by atoms with Gasteiger partial charge in [-0.2, -0.15) is 11.8 Å². The van der Waals surface area contributed by atoms with Gasteiger partial charge in [0.1, 0.15) is 0 Å². The molecule has 1 saturated heterocycles. The predicted molar refractivity (Wildman–Crippen MR) is 61.6 cm³/mol. The summed E-state index contributed by atoms with van der Waals surface area (Å²) < 4.78 is 0. The molecule has 1 unspecified atom stereocenters. The number of carbonyl (C=O) groups excluding carboxylic acids is 1. The third-order valence-corrected chi connectivity index (χ3v) is 3.70. The molecule has 4 heteroatoms. The van der Waals surface area contributed by atoms with E-state index in [0.29, 0.717) is 12.0 Å². The number of hydrogen-bond acceptors (Lipinski definition) is 3. The van der Waals surface area contributed by atoms with Crippen molar-refractivity contribution in [3.8, 4) is 0 Å². The molecule has 1 aliphatic rings. The Morgan fingerprint density at radius 1 is 1.43 bits per heavy atom. The average molecular weight is 216 g/mol. The number of likely N-dealkylation sites (N-methyl/N-ethyl adjacent to an activating group) is 1. The van der Waals surface area contributed by atoms with Crippen LogP contribution < -0.4 is 5.32 Å². The van der Waals surface area contributed by atoms with E-state index in [9.17, 15) is 4.79 Å². The van der Waals surface area contributed by atoms with E-state index in [2.05, 4.69) is 19.2 Å². The van der Waals surface area contributed by atoms with Crippen LogP contribution in [0.25, 0.3) is 0 Å². The number of rotatable bonds is 4. The van der Waals surface area contributed by atoms with Gasteiger partial charge in [0, 0.05) is 31.6 Å². The van der Waals surface area contributed by atoms with E-state index in [1.54, 1.807) is 4.90 Å². The van der Waals surface area contributed by atoms with Gasteiger partial charge in [-0.1, -0.05) is 13.8 Å². The van der Waals surface area contributed by atoms with Crippen LogP contribution >= 0.6 is 11.8 Å². The minimum absolute atomic E-state index is 0.0177. The van der Waals surface area contributed by atoms with Crippen molar-refractivity contribution >= 4 is 17.7 Å². The molecule has 14 heavy (non-hydrogen) atoms. The van der Waals surface area contributed by atoms with E-state index >= 15 is 0 Å². The van der Waals surface area contributed by atoms with Gasteiger partial charge in [0.25, 0.3) is 0 Å². The molecule has 1 aliphatic heterocycles. The molecular formula is C10H20N2OS. The van der Waals surface area contributed by atoms with E-state index < -0.39 is 0 Å². The van der Waals surface area contributed by atoms with Crippen LogP contribution in [-0.2, 0) is 4.79 Å². The Labute approximate surface area is 90.6 Å². The maximum atomic E-state index is 11.8. The van der Waals surface area contributed by atoms with Crippen LogP contribution in [0.1, 0.15) is 13.8 Å². The summed E-state index contributed by atoms with van der Waals surface area (Å²) in [6.45, 7) is 4.18. The van der Waals surface area contributed by atoms with Gasteiger partial charge in [0.15, 0.2) is 0 Å². The normalized spacial score (nSPS) is 19.2. The summed E-state index contributed by atoms with van der Waals surface area (Å²) in [5.41, 5.74) is 0. The quantitative estimate of drug-likeness (QED) is 0.754. The lowest BCUT2D eigenvalue weighted by Gasteiger charge is -2.33. The monoisotopic (exact) mass is 216 g/mol. The van der Waals surface area contributed by atoms with Crippen molar-refractivity contribution in [3.05, 3.63) is 0 Å². The second kappa shape index (κ2) is 5.03. The Morgan fingerprint density at radius 3 is 2.29 bits per heavy atom. The third-order valence-electron chi connectivity index (χ3n) is 2.43. The van der Waals surface area contributed by atoms with Crippen molar-refractivity contribution in [1.82, 2.24) is 10.2 Å². The van der Waals surface area contributed by atoms with E-state index in [-0.39, 0.29) is 11.9 Å². The smallest absolute Gasteiger partial charge is 0.239 e. The number of amides is 1. The van der Waals surface area contributed by atoms with Crippen molar-refractivity contribution in [2.75, 3.05) is 25.6 Å². The summed E-state index contributed by atoms with van der Waals surface area (Å²) in [4.78, 5) is 13.5. The van der Waals surface area contributed by atoms with Crippen LogP contribution in [0.3, 0.4) is 0 Å². The SMILES string of the molecule is CC(C)C(NC1CSC1)C(=O)N(C)C. The first-order valence-corrected chi connectivity index (χ1v) is 6.22. The van der Waals surface area contributed by atoms with E-state index in [4.69, 9.17) is 0 Å². The number of nitrogens with zero attached hydrogens (tertiary/aromatic N) is 1. The average Bonchev–Trinajstić information content (AvgIpc) is 2.00. The summed E-state index contributed by atoms with van der Waals surface area (Å²) in [7, 11) is 3.63. The van der Waals surface area contributed by atoms with Gasteiger partial charge in [-0.15, -0.1) is 0 Å². The van der Waals surface area contributed by atoms with Gasteiger partial charge < -0.3 is 10.2 Å². The Morgan fingerprint density at radius 2 is 2.00 bits per heavy atom. The highest BCUT2D eigenvalue weighted by atomic mass is 32.2. The molecule has 0 saturated carbocycles. The van der Waals surface area contributed by atoms with Crippen molar-refractivity contribution in [2.24, 2.45) is 5.92 Å². The maximum absolute atomic E-state index is 11.8. The van der Waals surface area contributed by atoms with Gasteiger partial charge in [0.2, 0.25) is 5.91 Å². The highest BCUT2D eigenvalue weighted by molar-refractivity contribution is 8.00. The lowest BCUT2D eigenvalue weighted by molar-refractivity contribution is -0.132. The zero-order chi connectivity index (χ0) is 10.7. The van der Waals surface area contributed by atoms with Crippen LogP contribution in [0.4, 0.5) is 0 Å². The van der Waals surface area contributed by atoms with Crippen LogP contribution in [0.15, 0.2) is 0 Å². The predicted octanol–water partition coefficient (Wildman–Crippen LogP) is 0.804. The molecule has 0 bridgehead atoms. The molecule has 1 heterocycles. The Hall–Kier alpha value is -0.220. The molecule has 1 atom stereocenters. The largest absolute Gasteiger partial charge is 0.347 e. The van der Waals surface area contributed by atoms with Crippen molar-refractivity contribution in [2.45, 2.75) is 25.9 Å². The number of nitrogens with one attached hydrogen (secondary N) is 1. The van der Waals surface area contributed by atoms with Crippen LogP contribution in [0.2, 0.25) is 0 Å². The molecule has 1 rings (SSSR count). The minimum atomic E-state index is -0.0177. The van der Waals surface area contributed by atoms with Gasteiger partial charge in [-0.05, 0) is 5.92 Å². The van der Waals surface area contributed by atoms with Gasteiger partial charge >= 0.3 is 0 Å². The molecule has 0 spiro atoms. The topological polar surface area (TPSA) is 32.3 Å². The van der Waals surface area contributed by atoms with Crippen molar-refractivity contribution < 1.29 is 4.79 Å². The Bertz CT molecular complexity index is 202. The lowest BCUT2D eigenvalue weighted by Crippen LogP contribution is -2.54. The maximum Gasteiger partial charge on any atom is 0.239 e. The fourth-order valence-corrected chi connectivity index (χ4v) is 2.08. The fraction of sp³-hybridized carbons (Fsp3) is 0.900. The first-order chi connectivity index (χ1) is 6.52. The molecule has 0 aromatic heterocycles. The molecule has 1 N–H and O–H groups in total. The first-order valence-electron chi connectivity index (χ1n) is 5.07. The molecule has 0 aliphatic carbocycles. The zero-order valence-corrected chi connectivity index (χ0v) is 10.2. The molecule has 82 valence electrons.